The van der Waals surface area contributed by atoms with Gasteiger partial charge in [-0.25, -0.2) is 17.2 Å². The highest BCUT2D eigenvalue weighted by molar-refractivity contribution is 9.10. The topological polar surface area (TPSA) is 65.4 Å². The van der Waals surface area contributed by atoms with Crippen molar-refractivity contribution in [3.05, 3.63) is 64.8 Å². The van der Waals surface area contributed by atoms with Crippen LogP contribution in [0.4, 0.5) is 0 Å². The fourth-order valence-electron chi connectivity index (χ4n) is 2.35. The van der Waals surface area contributed by atoms with Gasteiger partial charge in [-0.3, -0.25) is 0 Å². The molecule has 0 aliphatic heterocycles. The largest absolute Gasteiger partial charge is 0.465 e. The van der Waals surface area contributed by atoms with Gasteiger partial charge < -0.3 is 4.74 Å². The number of fused-ring (bicyclic) bond motifs is 1. The summed E-state index contributed by atoms with van der Waals surface area (Å²) in [6, 6.07) is 13.1. The number of aromatic nitrogens is 1. The Hall–Kier alpha value is -2.12. The second kappa shape index (κ2) is 5.82. The van der Waals surface area contributed by atoms with E-state index >= 15 is 0 Å². The first kappa shape index (κ1) is 15.8. The van der Waals surface area contributed by atoms with Crippen LogP contribution in [0.15, 0.2) is 64.1 Å². The molecular weight excluding hydrogens is 382 g/mol. The molecule has 1 heterocycles. The fourth-order valence-corrected chi connectivity index (χ4v) is 4.08. The summed E-state index contributed by atoms with van der Waals surface area (Å²) in [5.74, 6) is -0.584. The van der Waals surface area contributed by atoms with Crippen molar-refractivity contribution in [3.63, 3.8) is 0 Å². The summed E-state index contributed by atoms with van der Waals surface area (Å²) in [6.07, 6.45) is 1.30. The highest BCUT2D eigenvalue weighted by atomic mass is 79.9. The average molecular weight is 394 g/mol. The van der Waals surface area contributed by atoms with Crippen LogP contribution in [0.5, 0.6) is 0 Å². The van der Waals surface area contributed by atoms with Crippen molar-refractivity contribution in [1.82, 2.24) is 3.97 Å². The maximum atomic E-state index is 12.9. The molecule has 0 saturated heterocycles. The van der Waals surface area contributed by atoms with E-state index in [1.807, 2.05) is 0 Å². The van der Waals surface area contributed by atoms with Gasteiger partial charge in [-0.15, -0.1) is 0 Å². The lowest BCUT2D eigenvalue weighted by atomic mass is 10.2. The lowest BCUT2D eigenvalue weighted by molar-refractivity contribution is 0.0603. The van der Waals surface area contributed by atoms with E-state index in [-0.39, 0.29) is 10.5 Å². The molecule has 0 saturated carbocycles. The van der Waals surface area contributed by atoms with Crippen LogP contribution >= 0.6 is 15.9 Å². The SMILES string of the molecule is COC(=O)c1cn(S(=O)(=O)c2ccccc2)c2cc(Br)ccc12. The zero-order chi connectivity index (χ0) is 16.6. The van der Waals surface area contributed by atoms with E-state index in [0.717, 1.165) is 3.97 Å². The second-order valence-corrected chi connectivity index (χ2v) is 7.54. The zero-order valence-corrected chi connectivity index (χ0v) is 14.5. The molecule has 7 heteroatoms. The molecule has 0 amide bonds. The molecule has 0 aliphatic carbocycles. The number of hydrogen-bond donors (Lipinski definition) is 0. The third kappa shape index (κ3) is 2.66. The van der Waals surface area contributed by atoms with Crippen LogP contribution in [-0.2, 0) is 14.8 Å². The van der Waals surface area contributed by atoms with Crippen molar-refractivity contribution in [2.24, 2.45) is 0 Å². The van der Waals surface area contributed by atoms with Gasteiger partial charge in [0.1, 0.15) is 0 Å². The number of ether oxygens (including phenoxy) is 1. The summed E-state index contributed by atoms with van der Waals surface area (Å²) >= 11 is 3.33. The predicted octanol–water partition coefficient (Wildman–Crippen LogP) is 3.43. The molecule has 3 aromatic rings. The minimum atomic E-state index is -3.82. The number of nitrogens with zero attached hydrogens (tertiary/aromatic N) is 1. The van der Waals surface area contributed by atoms with Gasteiger partial charge in [-0.2, -0.15) is 0 Å². The minimum Gasteiger partial charge on any atom is -0.465 e. The van der Waals surface area contributed by atoms with Crippen molar-refractivity contribution < 1.29 is 17.9 Å². The quantitative estimate of drug-likeness (QED) is 0.639. The van der Waals surface area contributed by atoms with Crippen LogP contribution in [0.1, 0.15) is 10.4 Å². The van der Waals surface area contributed by atoms with Crippen LogP contribution in [0.3, 0.4) is 0 Å². The monoisotopic (exact) mass is 393 g/mol. The number of rotatable bonds is 3. The second-order valence-electron chi connectivity index (χ2n) is 4.81. The van der Waals surface area contributed by atoms with Gasteiger partial charge in [0.05, 0.1) is 23.1 Å². The van der Waals surface area contributed by atoms with E-state index in [1.54, 1.807) is 36.4 Å². The molecule has 0 N–H and O–H groups in total. The van der Waals surface area contributed by atoms with Crippen LogP contribution < -0.4 is 0 Å². The number of benzene rings is 2. The first-order chi connectivity index (χ1) is 10.9. The van der Waals surface area contributed by atoms with Gasteiger partial charge in [-0.05, 0) is 24.3 Å². The Bertz CT molecular complexity index is 994. The van der Waals surface area contributed by atoms with Gasteiger partial charge >= 0.3 is 5.97 Å². The van der Waals surface area contributed by atoms with Gasteiger partial charge in [0.2, 0.25) is 0 Å². The summed E-state index contributed by atoms with van der Waals surface area (Å²) < 4.78 is 32.3. The Labute approximate surface area is 141 Å². The molecule has 23 heavy (non-hydrogen) atoms. The van der Waals surface area contributed by atoms with Crippen LogP contribution in [0.25, 0.3) is 10.9 Å². The molecular formula is C16H12BrNO4S. The Kier molecular flexibility index (Phi) is 3.99. The number of esters is 1. The molecule has 0 radical (unpaired) electrons. The first-order valence-corrected chi connectivity index (χ1v) is 8.88. The number of carbonyl (C=O) groups is 1. The summed E-state index contributed by atoms with van der Waals surface area (Å²) in [5.41, 5.74) is 0.609. The van der Waals surface area contributed by atoms with E-state index in [4.69, 9.17) is 4.74 Å². The molecule has 1 aromatic heterocycles. The van der Waals surface area contributed by atoms with E-state index in [1.165, 1.54) is 25.4 Å². The van der Waals surface area contributed by atoms with Crippen LogP contribution in [-0.4, -0.2) is 25.5 Å². The third-order valence-corrected chi connectivity index (χ3v) is 5.62. The van der Waals surface area contributed by atoms with Crippen molar-refractivity contribution in [3.8, 4) is 0 Å². The maximum Gasteiger partial charge on any atom is 0.340 e. The van der Waals surface area contributed by atoms with Crippen LogP contribution in [0.2, 0.25) is 0 Å². The number of methoxy groups -OCH3 is 1. The van der Waals surface area contributed by atoms with Gasteiger partial charge in [0.25, 0.3) is 10.0 Å². The maximum absolute atomic E-state index is 12.9. The van der Waals surface area contributed by atoms with Gasteiger partial charge in [-0.1, -0.05) is 40.2 Å². The smallest absolute Gasteiger partial charge is 0.340 e. The molecule has 0 bridgehead atoms. The van der Waals surface area contributed by atoms with E-state index < -0.39 is 16.0 Å². The Morgan fingerprint density at radius 1 is 1.13 bits per heavy atom. The molecule has 3 rings (SSSR count). The fraction of sp³-hybridized carbons (Fsp3) is 0.0625. The number of hydrogen-bond acceptors (Lipinski definition) is 4. The Morgan fingerprint density at radius 2 is 1.83 bits per heavy atom. The van der Waals surface area contributed by atoms with Gasteiger partial charge in [0.15, 0.2) is 0 Å². The minimum absolute atomic E-state index is 0.147. The van der Waals surface area contributed by atoms with E-state index in [2.05, 4.69) is 15.9 Å². The highest BCUT2D eigenvalue weighted by Crippen LogP contribution is 2.29. The predicted molar refractivity (Wildman–Crippen MR) is 90.0 cm³/mol. The first-order valence-electron chi connectivity index (χ1n) is 6.64. The highest BCUT2D eigenvalue weighted by Gasteiger charge is 2.24. The molecule has 0 spiro atoms. The molecule has 0 fully saturated rings. The summed E-state index contributed by atoms with van der Waals surface area (Å²) in [7, 11) is -2.56. The van der Waals surface area contributed by atoms with Gasteiger partial charge in [0, 0.05) is 16.1 Å². The molecule has 0 atom stereocenters. The Balaban J connectivity index is 2.34. The lowest BCUT2D eigenvalue weighted by Crippen LogP contribution is -2.12. The molecule has 2 aromatic carbocycles. The average Bonchev–Trinajstić information content (AvgIpc) is 2.94. The van der Waals surface area contributed by atoms with E-state index in [0.29, 0.717) is 15.4 Å². The van der Waals surface area contributed by atoms with E-state index in [9.17, 15) is 13.2 Å². The van der Waals surface area contributed by atoms with Crippen LogP contribution in [0, 0.1) is 0 Å². The zero-order valence-electron chi connectivity index (χ0n) is 12.1. The Morgan fingerprint density at radius 3 is 2.48 bits per heavy atom. The normalized spacial score (nSPS) is 11.6. The van der Waals surface area contributed by atoms with Crippen molar-refractivity contribution in [2.75, 3.05) is 7.11 Å². The third-order valence-electron chi connectivity index (χ3n) is 3.44. The molecule has 118 valence electrons. The summed E-state index contributed by atoms with van der Waals surface area (Å²) in [5, 5.41) is 0.513. The molecule has 0 aliphatic rings. The molecule has 5 nitrogen and oxygen atoms in total. The van der Waals surface area contributed by atoms with Crippen molar-refractivity contribution in [1.29, 1.82) is 0 Å². The number of carbonyl (C=O) groups excluding carboxylic acids is 1. The molecule has 0 unspecified atom stereocenters. The van der Waals surface area contributed by atoms with Crippen molar-refractivity contribution >= 4 is 42.8 Å². The standard InChI is InChI=1S/C16H12BrNO4S/c1-22-16(19)14-10-18(15-9-11(17)7-8-13(14)15)23(20,21)12-5-3-2-4-6-12/h2-10H,1H3. The number of halogens is 1. The summed E-state index contributed by atoms with van der Waals surface area (Å²) in [4.78, 5) is 12.1. The lowest BCUT2D eigenvalue weighted by Gasteiger charge is -2.07. The summed E-state index contributed by atoms with van der Waals surface area (Å²) in [6.45, 7) is 0. The van der Waals surface area contributed by atoms with Crippen molar-refractivity contribution in [2.45, 2.75) is 4.90 Å².